The van der Waals surface area contributed by atoms with Gasteiger partial charge in [0.2, 0.25) is 0 Å². The third-order valence-corrected chi connectivity index (χ3v) is 4.17. The summed E-state index contributed by atoms with van der Waals surface area (Å²) in [6.45, 7) is 5.46. The summed E-state index contributed by atoms with van der Waals surface area (Å²) in [5.41, 5.74) is 1.80. The van der Waals surface area contributed by atoms with E-state index in [1.165, 1.54) is 24.8 Å². The summed E-state index contributed by atoms with van der Waals surface area (Å²) in [6, 6.07) is 8.57. The monoisotopic (exact) mass is 267 g/mol. The molecule has 3 heteroatoms. The van der Waals surface area contributed by atoms with Crippen LogP contribution < -0.4 is 10.1 Å². The first-order chi connectivity index (χ1) is 8.28. The van der Waals surface area contributed by atoms with Crippen LogP contribution >= 0.6 is 12.4 Å². The molecule has 1 aromatic rings. The first kappa shape index (κ1) is 13.7. The molecule has 0 unspecified atom stereocenters. The lowest BCUT2D eigenvalue weighted by atomic mass is 9.97. The van der Waals surface area contributed by atoms with E-state index < -0.39 is 0 Å². The minimum absolute atomic E-state index is 0. The van der Waals surface area contributed by atoms with E-state index in [0.717, 1.165) is 25.4 Å². The fourth-order valence-corrected chi connectivity index (χ4v) is 2.61. The van der Waals surface area contributed by atoms with Gasteiger partial charge in [0.05, 0.1) is 6.61 Å². The second-order valence-electron chi connectivity index (χ2n) is 5.73. The summed E-state index contributed by atoms with van der Waals surface area (Å²) in [6.07, 6.45) is 3.86. The Morgan fingerprint density at radius 3 is 2.78 bits per heavy atom. The van der Waals surface area contributed by atoms with Crippen LogP contribution in [0.5, 0.6) is 5.75 Å². The Bertz CT molecular complexity index is 397. The maximum atomic E-state index is 6.05. The topological polar surface area (TPSA) is 21.3 Å². The second-order valence-corrected chi connectivity index (χ2v) is 5.73. The van der Waals surface area contributed by atoms with Gasteiger partial charge in [-0.3, -0.25) is 0 Å². The quantitative estimate of drug-likeness (QED) is 0.905. The van der Waals surface area contributed by atoms with Crippen molar-refractivity contribution in [1.82, 2.24) is 5.32 Å². The van der Waals surface area contributed by atoms with Gasteiger partial charge in [-0.25, -0.2) is 0 Å². The third kappa shape index (κ3) is 2.81. The Morgan fingerprint density at radius 1 is 1.33 bits per heavy atom. The number of rotatable bonds is 4. The van der Waals surface area contributed by atoms with Crippen LogP contribution in [0.15, 0.2) is 24.3 Å². The molecule has 0 aromatic heterocycles. The van der Waals surface area contributed by atoms with Gasteiger partial charge in [0.15, 0.2) is 0 Å². The largest absolute Gasteiger partial charge is 0.493 e. The van der Waals surface area contributed by atoms with E-state index in [2.05, 4.69) is 36.5 Å². The molecule has 1 aliphatic heterocycles. The lowest BCUT2D eigenvalue weighted by Gasteiger charge is -2.17. The number of ether oxygens (including phenoxy) is 1. The first-order valence-electron chi connectivity index (χ1n) is 6.71. The molecule has 1 saturated carbocycles. The number of para-hydroxylation sites is 1. The normalized spacial score (nSPS) is 24.4. The fraction of sp³-hybridized carbons (Fsp3) is 0.600. The third-order valence-electron chi connectivity index (χ3n) is 4.17. The van der Waals surface area contributed by atoms with Gasteiger partial charge < -0.3 is 10.1 Å². The van der Waals surface area contributed by atoms with Gasteiger partial charge in [0.1, 0.15) is 5.75 Å². The molecule has 100 valence electrons. The molecule has 0 spiro atoms. The SMILES string of the molecule is CC1(c2ccccc2OC[C@H]2CCNC2)CC1.Cl. The van der Waals surface area contributed by atoms with E-state index in [9.17, 15) is 0 Å². The van der Waals surface area contributed by atoms with Crippen LogP contribution in [-0.2, 0) is 5.41 Å². The predicted octanol–water partition coefficient (Wildman–Crippen LogP) is 3.15. The van der Waals surface area contributed by atoms with E-state index in [-0.39, 0.29) is 12.4 Å². The van der Waals surface area contributed by atoms with Crippen molar-refractivity contribution in [3.63, 3.8) is 0 Å². The van der Waals surface area contributed by atoms with Crippen molar-refractivity contribution >= 4 is 12.4 Å². The van der Waals surface area contributed by atoms with Crippen molar-refractivity contribution in [3.8, 4) is 5.75 Å². The predicted molar refractivity (Wildman–Crippen MR) is 76.7 cm³/mol. The smallest absolute Gasteiger partial charge is 0.123 e. The molecular formula is C15H22ClNO. The Morgan fingerprint density at radius 2 is 2.11 bits per heavy atom. The molecule has 2 nitrogen and oxygen atoms in total. The van der Waals surface area contributed by atoms with Gasteiger partial charge >= 0.3 is 0 Å². The average molecular weight is 268 g/mol. The van der Waals surface area contributed by atoms with Crippen molar-refractivity contribution in [1.29, 1.82) is 0 Å². The van der Waals surface area contributed by atoms with Gasteiger partial charge in [0.25, 0.3) is 0 Å². The van der Waals surface area contributed by atoms with Crippen LogP contribution in [0.1, 0.15) is 31.7 Å². The lowest BCUT2D eigenvalue weighted by molar-refractivity contribution is 0.256. The van der Waals surface area contributed by atoms with Crippen LogP contribution in [0.2, 0.25) is 0 Å². The molecule has 2 aliphatic rings. The molecule has 0 radical (unpaired) electrons. The molecule has 1 heterocycles. The summed E-state index contributed by atoms with van der Waals surface area (Å²) in [4.78, 5) is 0. The highest BCUT2D eigenvalue weighted by Gasteiger charge is 2.41. The highest BCUT2D eigenvalue weighted by atomic mass is 35.5. The molecule has 1 N–H and O–H groups in total. The average Bonchev–Trinajstić information content (AvgIpc) is 2.91. The Kier molecular flexibility index (Phi) is 4.18. The van der Waals surface area contributed by atoms with Gasteiger partial charge in [-0.1, -0.05) is 25.1 Å². The Labute approximate surface area is 116 Å². The maximum absolute atomic E-state index is 6.05. The van der Waals surface area contributed by atoms with Crippen LogP contribution in [0.3, 0.4) is 0 Å². The minimum Gasteiger partial charge on any atom is -0.493 e. The van der Waals surface area contributed by atoms with E-state index in [0.29, 0.717) is 11.3 Å². The molecule has 1 aliphatic carbocycles. The molecule has 1 atom stereocenters. The summed E-state index contributed by atoms with van der Waals surface area (Å²) >= 11 is 0. The summed E-state index contributed by atoms with van der Waals surface area (Å²) in [5.74, 6) is 1.80. The fourth-order valence-electron chi connectivity index (χ4n) is 2.61. The zero-order valence-electron chi connectivity index (χ0n) is 10.9. The Balaban J connectivity index is 0.00000120. The number of nitrogens with one attached hydrogen (secondary N) is 1. The van der Waals surface area contributed by atoms with Crippen molar-refractivity contribution in [2.45, 2.75) is 31.6 Å². The van der Waals surface area contributed by atoms with Gasteiger partial charge in [-0.05, 0) is 37.3 Å². The van der Waals surface area contributed by atoms with Crippen molar-refractivity contribution < 1.29 is 4.74 Å². The second kappa shape index (κ2) is 5.50. The van der Waals surface area contributed by atoms with E-state index in [1.807, 2.05) is 0 Å². The molecular weight excluding hydrogens is 246 g/mol. The highest BCUT2D eigenvalue weighted by Crippen LogP contribution is 2.50. The zero-order valence-corrected chi connectivity index (χ0v) is 11.8. The maximum Gasteiger partial charge on any atom is 0.123 e. The summed E-state index contributed by atoms with van der Waals surface area (Å²) < 4.78 is 6.05. The zero-order chi connectivity index (χ0) is 11.7. The van der Waals surface area contributed by atoms with Crippen molar-refractivity contribution in [2.24, 2.45) is 5.92 Å². The lowest BCUT2D eigenvalue weighted by Crippen LogP contribution is -2.16. The first-order valence-corrected chi connectivity index (χ1v) is 6.71. The van der Waals surface area contributed by atoms with E-state index in [4.69, 9.17) is 4.74 Å². The summed E-state index contributed by atoms with van der Waals surface area (Å²) in [7, 11) is 0. The number of hydrogen-bond acceptors (Lipinski definition) is 2. The van der Waals surface area contributed by atoms with E-state index >= 15 is 0 Å². The van der Waals surface area contributed by atoms with Crippen LogP contribution in [0, 0.1) is 5.92 Å². The highest BCUT2D eigenvalue weighted by molar-refractivity contribution is 5.85. The van der Waals surface area contributed by atoms with Crippen molar-refractivity contribution in [3.05, 3.63) is 29.8 Å². The minimum atomic E-state index is 0. The molecule has 2 fully saturated rings. The van der Waals surface area contributed by atoms with Gasteiger partial charge in [0, 0.05) is 18.0 Å². The van der Waals surface area contributed by atoms with Crippen LogP contribution in [-0.4, -0.2) is 19.7 Å². The van der Waals surface area contributed by atoms with Crippen LogP contribution in [0.25, 0.3) is 0 Å². The van der Waals surface area contributed by atoms with Crippen molar-refractivity contribution in [2.75, 3.05) is 19.7 Å². The summed E-state index contributed by atoms with van der Waals surface area (Å²) in [5, 5.41) is 3.39. The number of halogens is 1. The molecule has 1 saturated heterocycles. The standard InChI is InChI=1S/C15H21NO.ClH/c1-15(7-8-15)13-4-2-3-5-14(13)17-11-12-6-9-16-10-12;/h2-5,12,16H,6-11H2,1H3;1H/t12-;/m0./s1. The molecule has 3 rings (SSSR count). The Hall–Kier alpha value is -0.730. The molecule has 1 aromatic carbocycles. The van der Waals surface area contributed by atoms with E-state index in [1.54, 1.807) is 0 Å². The molecule has 0 bridgehead atoms. The number of hydrogen-bond donors (Lipinski definition) is 1. The molecule has 0 amide bonds. The molecule has 18 heavy (non-hydrogen) atoms. The van der Waals surface area contributed by atoms with Gasteiger partial charge in [-0.15, -0.1) is 12.4 Å². The van der Waals surface area contributed by atoms with Gasteiger partial charge in [-0.2, -0.15) is 0 Å². The van der Waals surface area contributed by atoms with Crippen LogP contribution in [0.4, 0.5) is 0 Å². The number of benzene rings is 1.